The predicted octanol–water partition coefficient (Wildman–Crippen LogP) is 5.38. The van der Waals surface area contributed by atoms with E-state index in [0.29, 0.717) is 25.9 Å². The van der Waals surface area contributed by atoms with Crippen LogP contribution in [-0.4, -0.2) is 38.1 Å². The van der Waals surface area contributed by atoms with E-state index in [4.69, 9.17) is 4.98 Å². The molecular formula is C23H23F3N2O3S2. The summed E-state index contributed by atoms with van der Waals surface area (Å²) in [5.74, 6) is -0.443. The summed E-state index contributed by atoms with van der Waals surface area (Å²) in [6.07, 6.45) is -3.22. The van der Waals surface area contributed by atoms with Gasteiger partial charge in [0.25, 0.3) is 0 Å². The number of ether oxygens (including phenoxy) is 1. The number of benzene rings is 2. The molecule has 1 aliphatic heterocycles. The normalized spacial score (nSPS) is 15.6. The molecule has 176 valence electrons. The fourth-order valence-corrected chi connectivity index (χ4v) is 6.55. The summed E-state index contributed by atoms with van der Waals surface area (Å²) in [6, 6.07) is 12.7. The fourth-order valence-electron chi connectivity index (χ4n) is 3.93. The molecule has 33 heavy (non-hydrogen) atoms. The lowest BCUT2D eigenvalue weighted by Gasteiger charge is -2.31. The third-order valence-electron chi connectivity index (χ3n) is 5.54. The minimum Gasteiger partial charge on any atom is -0.406 e. The number of alkyl halides is 3. The Bertz CT molecular complexity index is 1200. The third kappa shape index (κ3) is 5.86. The third-order valence-corrected chi connectivity index (χ3v) is 8.77. The lowest BCUT2D eigenvalue weighted by molar-refractivity contribution is -0.274. The molecule has 2 heterocycles. The molecule has 1 fully saturated rings. The number of halogens is 3. The molecule has 0 aliphatic carbocycles. The van der Waals surface area contributed by atoms with E-state index in [1.54, 1.807) is 11.3 Å². The van der Waals surface area contributed by atoms with Crippen molar-refractivity contribution in [3.05, 3.63) is 70.7 Å². The first-order valence-corrected chi connectivity index (χ1v) is 12.9. The van der Waals surface area contributed by atoms with Gasteiger partial charge in [0, 0.05) is 24.9 Å². The van der Waals surface area contributed by atoms with Crippen LogP contribution in [0.3, 0.4) is 0 Å². The summed E-state index contributed by atoms with van der Waals surface area (Å²) in [7, 11) is -3.65. The van der Waals surface area contributed by atoms with Crippen molar-refractivity contribution < 1.29 is 26.3 Å². The summed E-state index contributed by atoms with van der Waals surface area (Å²) in [5, 5.41) is 2.32. The number of nitrogens with zero attached hydrogens (tertiary/aromatic N) is 2. The maximum absolute atomic E-state index is 13.0. The van der Waals surface area contributed by atoms with Crippen molar-refractivity contribution in [1.82, 2.24) is 4.98 Å². The number of hydrogen-bond donors (Lipinski definition) is 0. The van der Waals surface area contributed by atoms with Crippen LogP contribution in [0.25, 0.3) is 0 Å². The van der Waals surface area contributed by atoms with Crippen molar-refractivity contribution in [2.75, 3.05) is 18.0 Å². The number of piperidine rings is 1. The van der Waals surface area contributed by atoms with Gasteiger partial charge < -0.3 is 9.64 Å². The zero-order chi connectivity index (χ0) is 23.6. The topological polar surface area (TPSA) is 59.5 Å². The number of sulfone groups is 1. The average molecular weight is 497 g/mol. The Morgan fingerprint density at radius 1 is 1.12 bits per heavy atom. The van der Waals surface area contributed by atoms with E-state index in [2.05, 4.69) is 34.8 Å². The molecule has 0 spiro atoms. The highest BCUT2D eigenvalue weighted by atomic mass is 32.2. The van der Waals surface area contributed by atoms with Gasteiger partial charge in [0.2, 0.25) is 0 Å². The van der Waals surface area contributed by atoms with Gasteiger partial charge in [-0.2, -0.15) is 0 Å². The van der Waals surface area contributed by atoms with Crippen LogP contribution in [0.5, 0.6) is 5.75 Å². The minimum atomic E-state index is -4.82. The molecule has 1 aliphatic rings. The minimum absolute atomic E-state index is 0.00478. The highest BCUT2D eigenvalue weighted by Gasteiger charge is 2.33. The molecule has 0 bridgehead atoms. The van der Waals surface area contributed by atoms with Gasteiger partial charge >= 0.3 is 6.36 Å². The Morgan fingerprint density at radius 3 is 2.45 bits per heavy atom. The van der Waals surface area contributed by atoms with Gasteiger partial charge in [-0.1, -0.05) is 29.8 Å². The monoisotopic (exact) mass is 496 g/mol. The molecule has 0 saturated carbocycles. The fraction of sp³-hybridized carbons (Fsp3) is 0.348. The summed E-state index contributed by atoms with van der Waals surface area (Å²) >= 11 is 1.55. The van der Waals surface area contributed by atoms with E-state index in [1.165, 1.54) is 23.3 Å². The van der Waals surface area contributed by atoms with Crippen molar-refractivity contribution in [3.63, 3.8) is 0 Å². The summed E-state index contributed by atoms with van der Waals surface area (Å²) in [5.41, 5.74) is 3.38. The van der Waals surface area contributed by atoms with Crippen LogP contribution in [0.4, 0.5) is 18.3 Å². The van der Waals surface area contributed by atoms with E-state index < -0.39 is 27.2 Å². The van der Waals surface area contributed by atoms with E-state index in [9.17, 15) is 21.6 Å². The molecule has 1 saturated heterocycles. The van der Waals surface area contributed by atoms with Crippen LogP contribution in [0.2, 0.25) is 0 Å². The molecule has 3 aromatic rings. The number of hydrogen-bond acceptors (Lipinski definition) is 6. The van der Waals surface area contributed by atoms with E-state index in [-0.39, 0.29) is 4.90 Å². The zero-order valence-corrected chi connectivity index (χ0v) is 19.5. The second-order valence-electron chi connectivity index (χ2n) is 8.04. The molecule has 0 N–H and O–H groups in total. The second-order valence-corrected chi connectivity index (χ2v) is 11.1. The Balaban J connectivity index is 1.37. The molecule has 2 aromatic carbocycles. The summed E-state index contributed by atoms with van der Waals surface area (Å²) in [4.78, 5) is 6.83. The number of aromatic nitrogens is 1. The van der Waals surface area contributed by atoms with Crippen molar-refractivity contribution in [1.29, 1.82) is 0 Å². The molecule has 4 rings (SSSR count). The van der Waals surface area contributed by atoms with Crippen molar-refractivity contribution in [2.45, 2.75) is 42.7 Å². The smallest absolute Gasteiger partial charge is 0.406 e. The van der Waals surface area contributed by atoms with Gasteiger partial charge in [0.15, 0.2) is 15.0 Å². The van der Waals surface area contributed by atoms with E-state index >= 15 is 0 Å². The quantitative estimate of drug-likeness (QED) is 0.458. The van der Waals surface area contributed by atoms with Crippen molar-refractivity contribution in [2.24, 2.45) is 0 Å². The van der Waals surface area contributed by atoms with Crippen molar-refractivity contribution in [3.8, 4) is 5.75 Å². The molecule has 1 aromatic heterocycles. The largest absolute Gasteiger partial charge is 0.573 e. The first-order valence-electron chi connectivity index (χ1n) is 10.4. The van der Waals surface area contributed by atoms with Gasteiger partial charge in [0.1, 0.15) is 5.75 Å². The van der Waals surface area contributed by atoms with Gasteiger partial charge in [-0.05, 0) is 49.6 Å². The molecule has 0 unspecified atom stereocenters. The Kier molecular flexibility index (Phi) is 6.67. The molecule has 0 radical (unpaired) electrons. The lowest BCUT2D eigenvalue weighted by Crippen LogP contribution is -2.39. The highest BCUT2D eigenvalue weighted by molar-refractivity contribution is 7.92. The maximum atomic E-state index is 13.0. The summed E-state index contributed by atoms with van der Waals surface area (Å²) < 4.78 is 66.7. The van der Waals surface area contributed by atoms with Gasteiger partial charge in [-0.3, -0.25) is 0 Å². The lowest BCUT2D eigenvalue weighted by atomic mass is 10.1. The highest BCUT2D eigenvalue weighted by Crippen LogP contribution is 2.31. The maximum Gasteiger partial charge on any atom is 0.573 e. The van der Waals surface area contributed by atoms with Crippen LogP contribution in [-0.2, 0) is 16.3 Å². The molecule has 10 heteroatoms. The zero-order valence-electron chi connectivity index (χ0n) is 17.9. The Hall–Kier alpha value is -2.59. The number of rotatable bonds is 6. The van der Waals surface area contributed by atoms with Crippen LogP contribution >= 0.6 is 11.3 Å². The predicted molar refractivity (Wildman–Crippen MR) is 122 cm³/mol. The first-order chi connectivity index (χ1) is 15.6. The summed E-state index contributed by atoms with van der Waals surface area (Å²) in [6.45, 7) is 3.16. The van der Waals surface area contributed by atoms with Crippen LogP contribution in [0.1, 0.15) is 29.7 Å². The standard InChI is InChI=1S/C23H23F3N2O3S2/c1-16-3-2-4-17(13-16)14-18-15-32-22(27-18)28-11-9-21(10-12-28)33(29,30)20-7-5-19(6-8-20)31-23(24,25)26/h2-8,13,15,21H,9-12,14H2,1H3. The van der Waals surface area contributed by atoms with Crippen LogP contribution in [0, 0.1) is 6.92 Å². The molecule has 0 atom stereocenters. The van der Waals surface area contributed by atoms with Crippen LogP contribution < -0.4 is 9.64 Å². The number of aryl methyl sites for hydroxylation is 1. The van der Waals surface area contributed by atoms with Crippen molar-refractivity contribution >= 4 is 26.3 Å². The van der Waals surface area contributed by atoms with E-state index in [1.807, 2.05) is 11.4 Å². The molecule has 0 amide bonds. The van der Waals surface area contributed by atoms with E-state index in [0.717, 1.165) is 29.4 Å². The number of anilines is 1. The number of thiazole rings is 1. The van der Waals surface area contributed by atoms with Gasteiger partial charge in [-0.25, -0.2) is 13.4 Å². The Labute approximate surface area is 194 Å². The first kappa shape index (κ1) is 23.6. The Morgan fingerprint density at radius 2 is 1.82 bits per heavy atom. The van der Waals surface area contributed by atoms with Gasteiger partial charge in [0.05, 0.1) is 15.8 Å². The SMILES string of the molecule is Cc1cccc(Cc2csc(N3CCC(S(=O)(=O)c4ccc(OC(F)(F)F)cc4)CC3)n2)c1. The second kappa shape index (κ2) is 9.34. The average Bonchev–Trinajstić information content (AvgIpc) is 3.21. The van der Waals surface area contributed by atoms with Crippen LogP contribution in [0.15, 0.2) is 58.8 Å². The molecule has 5 nitrogen and oxygen atoms in total. The molecular weight excluding hydrogens is 473 g/mol. The van der Waals surface area contributed by atoms with Gasteiger partial charge in [-0.15, -0.1) is 24.5 Å².